The molecule has 0 spiro atoms. The Balaban J connectivity index is 1.41. The number of carbonyl (C=O) groups excluding carboxylic acids is 2. The summed E-state index contributed by atoms with van der Waals surface area (Å²) < 4.78 is 11.1. The summed E-state index contributed by atoms with van der Waals surface area (Å²) in [6, 6.07) is 10.6. The van der Waals surface area contributed by atoms with Crippen LogP contribution in [0.3, 0.4) is 0 Å². The highest BCUT2D eigenvalue weighted by atomic mass is 16.6. The molecule has 2 aromatic carbocycles. The molecule has 28 heavy (non-hydrogen) atoms. The van der Waals surface area contributed by atoms with Gasteiger partial charge in [0, 0.05) is 30.9 Å². The summed E-state index contributed by atoms with van der Waals surface area (Å²) in [6.45, 7) is 1.81. The van der Waals surface area contributed by atoms with Crippen LogP contribution in [-0.4, -0.2) is 49.7 Å². The smallest absolute Gasteiger partial charge is 0.257 e. The zero-order valence-electron chi connectivity index (χ0n) is 15.6. The van der Waals surface area contributed by atoms with Gasteiger partial charge in [0.15, 0.2) is 11.5 Å². The zero-order chi connectivity index (χ0) is 19.3. The summed E-state index contributed by atoms with van der Waals surface area (Å²) in [7, 11) is 1.98. The molecule has 1 fully saturated rings. The predicted molar refractivity (Wildman–Crippen MR) is 104 cm³/mol. The minimum Gasteiger partial charge on any atom is -0.486 e. The van der Waals surface area contributed by atoms with Crippen molar-refractivity contribution in [2.24, 2.45) is 0 Å². The molecule has 5 rings (SSSR count). The Hall–Kier alpha value is -3.22. The van der Waals surface area contributed by atoms with Crippen LogP contribution in [0, 0.1) is 0 Å². The van der Waals surface area contributed by atoms with Crippen molar-refractivity contribution >= 4 is 23.2 Å². The molecule has 144 valence electrons. The van der Waals surface area contributed by atoms with Crippen molar-refractivity contribution in [2.75, 3.05) is 37.0 Å². The molecule has 1 atom stereocenters. The average molecular weight is 379 g/mol. The Labute approximate surface area is 162 Å². The largest absolute Gasteiger partial charge is 0.486 e. The lowest BCUT2D eigenvalue weighted by atomic mass is 10.0. The Morgan fingerprint density at radius 2 is 1.93 bits per heavy atom. The molecule has 0 saturated carbocycles. The van der Waals surface area contributed by atoms with E-state index in [1.807, 2.05) is 11.9 Å². The number of nitrogens with one attached hydrogen (secondary N) is 1. The fourth-order valence-corrected chi connectivity index (χ4v) is 4.17. The number of hydrogen-bond acceptors (Lipinski definition) is 5. The number of benzene rings is 2. The minimum atomic E-state index is -0.228. The first kappa shape index (κ1) is 16.9. The van der Waals surface area contributed by atoms with Gasteiger partial charge in [0.05, 0.1) is 11.3 Å². The normalized spacial score (nSPS) is 19.9. The van der Waals surface area contributed by atoms with Gasteiger partial charge in [-0.25, -0.2) is 0 Å². The van der Waals surface area contributed by atoms with Crippen molar-refractivity contribution in [3.63, 3.8) is 0 Å². The lowest BCUT2D eigenvalue weighted by Crippen LogP contribution is -2.50. The first-order valence-corrected chi connectivity index (χ1v) is 9.51. The van der Waals surface area contributed by atoms with E-state index in [2.05, 4.69) is 10.2 Å². The minimum absolute atomic E-state index is 0.0504. The molecule has 2 amide bonds. The molecular formula is C21H21N3O4. The monoisotopic (exact) mass is 379 g/mol. The third-order valence-electron chi connectivity index (χ3n) is 5.60. The van der Waals surface area contributed by atoms with E-state index in [9.17, 15) is 9.59 Å². The third-order valence-corrected chi connectivity index (χ3v) is 5.60. The summed E-state index contributed by atoms with van der Waals surface area (Å²) in [5, 5.41) is 2.90. The number of rotatable bonds is 2. The second-order valence-electron chi connectivity index (χ2n) is 7.28. The Kier molecular flexibility index (Phi) is 3.89. The van der Waals surface area contributed by atoms with Crippen LogP contribution in [0.4, 0.5) is 11.4 Å². The Bertz CT molecular complexity index is 974. The topological polar surface area (TPSA) is 71.1 Å². The molecule has 1 unspecified atom stereocenters. The number of amides is 2. The van der Waals surface area contributed by atoms with Crippen molar-refractivity contribution in [3.05, 3.63) is 47.5 Å². The molecule has 0 bridgehead atoms. The molecule has 0 radical (unpaired) electrons. The maximum atomic E-state index is 12.8. The van der Waals surface area contributed by atoms with Crippen molar-refractivity contribution < 1.29 is 19.1 Å². The quantitative estimate of drug-likeness (QED) is 0.869. The van der Waals surface area contributed by atoms with E-state index in [0.717, 1.165) is 25.1 Å². The highest BCUT2D eigenvalue weighted by Crippen LogP contribution is 2.36. The number of nitrogens with zero attached hydrogens (tertiary/aromatic N) is 2. The van der Waals surface area contributed by atoms with Crippen molar-refractivity contribution in [1.82, 2.24) is 4.90 Å². The van der Waals surface area contributed by atoms with Gasteiger partial charge in [-0.1, -0.05) is 0 Å². The summed E-state index contributed by atoms with van der Waals surface area (Å²) >= 11 is 0. The van der Waals surface area contributed by atoms with E-state index in [1.165, 1.54) is 0 Å². The number of anilines is 2. The van der Waals surface area contributed by atoms with E-state index < -0.39 is 0 Å². The van der Waals surface area contributed by atoms with Gasteiger partial charge >= 0.3 is 0 Å². The van der Waals surface area contributed by atoms with Gasteiger partial charge in [-0.15, -0.1) is 0 Å². The number of fused-ring (bicyclic) bond motifs is 3. The SMILES string of the molecule is CN1c2cc(C(=O)Nc3ccc4c(c3)OCCO4)ccc2C(=O)N2CCCC21. The molecule has 3 heterocycles. The molecule has 0 aliphatic carbocycles. The molecule has 3 aliphatic rings. The Morgan fingerprint density at radius 1 is 1.11 bits per heavy atom. The van der Waals surface area contributed by atoms with E-state index in [4.69, 9.17) is 9.47 Å². The highest BCUT2D eigenvalue weighted by molar-refractivity contribution is 6.08. The maximum absolute atomic E-state index is 12.8. The lowest BCUT2D eigenvalue weighted by molar-refractivity contribution is 0.0719. The number of hydrogen-bond donors (Lipinski definition) is 1. The van der Waals surface area contributed by atoms with Crippen LogP contribution < -0.4 is 19.7 Å². The van der Waals surface area contributed by atoms with Gasteiger partial charge in [-0.2, -0.15) is 0 Å². The van der Waals surface area contributed by atoms with Gasteiger partial charge in [0.2, 0.25) is 0 Å². The molecule has 1 N–H and O–H groups in total. The second kappa shape index (κ2) is 6.44. The van der Waals surface area contributed by atoms with Gasteiger partial charge in [0.25, 0.3) is 11.8 Å². The van der Waals surface area contributed by atoms with E-state index in [1.54, 1.807) is 36.4 Å². The van der Waals surface area contributed by atoms with Crippen LogP contribution in [0.25, 0.3) is 0 Å². The average Bonchev–Trinajstić information content (AvgIpc) is 3.22. The second-order valence-corrected chi connectivity index (χ2v) is 7.28. The standard InChI is InChI=1S/C21H21N3O4/c1-23-16-11-13(4-6-15(16)21(26)24-8-2-3-19(23)24)20(25)22-14-5-7-17-18(12-14)28-10-9-27-17/h4-7,11-12,19H,2-3,8-10H2,1H3,(H,22,25). The molecular weight excluding hydrogens is 358 g/mol. The summed E-state index contributed by atoms with van der Waals surface area (Å²) in [5.74, 6) is 1.13. The summed E-state index contributed by atoms with van der Waals surface area (Å²) in [4.78, 5) is 29.5. The first-order valence-electron chi connectivity index (χ1n) is 9.51. The predicted octanol–water partition coefficient (Wildman–Crippen LogP) is 2.72. The van der Waals surface area contributed by atoms with E-state index >= 15 is 0 Å². The third kappa shape index (κ3) is 2.66. The van der Waals surface area contributed by atoms with Crippen molar-refractivity contribution in [3.8, 4) is 11.5 Å². The number of carbonyl (C=O) groups is 2. The lowest BCUT2D eigenvalue weighted by Gasteiger charge is -2.40. The molecule has 2 aromatic rings. The highest BCUT2D eigenvalue weighted by Gasteiger charge is 2.38. The van der Waals surface area contributed by atoms with Crippen LogP contribution in [0.2, 0.25) is 0 Å². The van der Waals surface area contributed by atoms with E-state index in [0.29, 0.717) is 41.5 Å². The molecule has 3 aliphatic heterocycles. The van der Waals surface area contributed by atoms with Crippen LogP contribution in [0.5, 0.6) is 11.5 Å². The molecule has 0 aromatic heterocycles. The summed E-state index contributed by atoms with van der Waals surface area (Å²) in [6.07, 6.45) is 2.04. The van der Waals surface area contributed by atoms with Crippen LogP contribution in [0.15, 0.2) is 36.4 Å². The van der Waals surface area contributed by atoms with Crippen LogP contribution >= 0.6 is 0 Å². The maximum Gasteiger partial charge on any atom is 0.257 e. The van der Waals surface area contributed by atoms with Gasteiger partial charge < -0.3 is 24.6 Å². The van der Waals surface area contributed by atoms with Crippen LogP contribution in [0.1, 0.15) is 33.6 Å². The van der Waals surface area contributed by atoms with Gasteiger partial charge in [-0.05, 0) is 43.2 Å². The molecule has 1 saturated heterocycles. The van der Waals surface area contributed by atoms with Crippen molar-refractivity contribution in [1.29, 1.82) is 0 Å². The molecule has 7 heteroatoms. The van der Waals surface area contributed by atoms with Crippen molar-refractivity contribution in [2.45, 2.75) is 19.0 Å². The first-order chi connectivity index (χ1) is 13.6. The fraction of sp³-hybridized carbons (Fsp3) is 0.333. The number of ether oxygens (including phenoxy) is 2. The van der Waals surface area contributed by atoms with E-state index in [-0.39, 0.29) is 18.0 Å². The Morgan fingerprint density at radius 3 is 2.79 bits per heavy atom. The van der Waals surface area contributed by atoms with Crippen LogP contribution in [-0.2, 0) is 0 Å². The summed E-state index contributed by atoms with van der Waals surface area (Å²) in [5.41, 5.74) is 2.61. The zero-order valence-corrected chi connectivity index (χ0v) is 15.6. The fourth-order valence-electron chi connectivity index (χ4n) is 4.17. The molecule has 7 nitrogen and oxygen atoms in total. The van der Waals surface area contributed by atoms with Gasteiger partial charge in [0.1, 0.15) is 19.4 Å². The van der Waals surface area contributed by atoms with Gasteiger partial charge in [-0.3, -0.25) is 9.59 Å².